The molecule has 0 bridgehead atoms. The highest BCUT2D eigenvalue weighted by molar-refractivity contribution is 6.38. The zero-order valence-electron chi connectivity index (χ0n) is 28.5. The van der Waals surface area contributed by atoms with Gasteiger partial charge < -0.3 is 30.9 Å². The van der Waals surface area contributed by atoms with Crippen LogP contribution in [0.4, 0.5) is 4.79 Å². The summed E-state index contributed by atoms with van der Waals surface area (Å²) in [7, 11) is 0. The van der Waals surface area contributed by atoms with Crippen LogP contribution >= 0.6 is 0 Å². The zero-order chi connectivity index (χ0) is 34.2. The van der Waals surface area contributed by atoms with Crippen molar-refractivity contribution in [1.29, 1.82) is 0 Å². The van der Waals surface area contributed by atoms with E-state index < -0.39 is 65.1 Å². The Morgan fingerprint density at radius 3 is 2.17 bits per heavy atom. The molecule has 2 aliphatic carbocycles. The van der Waals surface area contributed by atoms with Gasteiger partial charge in [-0.25, -0.2) is 9.59 Å². The summed E-state index contributed by atoms with van der Waals surface area (Å²) in [6, 6.07) is -4.39. The minimum absolute atomic E-state index is 0.00889. The lowest BCUT2D eigenvalue weighted by Gasteiger charge is -2.37. The molecular formula is C34H55N5O7. The smallest absolute Gasteiger partial charge is 0.328 e. The lowest BCUT2D eigenvalue weighted by Crippen LogP contribution is -2.61. The van der Waals surface area contributed by atoms with E-state index in [2.05, 4.69) is 27.8 Å². The number of Topliss-reactive ketones (excluding diaryl/α,β-unsaturated/α-hetero) is 1. The number of carbonyl (C=O) groups excluding carboxylic acids is 6. The third kappa shape index (κ3) is 10.0. The average Bonchev–Trinajstić information content (AvgIpc) is 3.69. The summed E-state index contributed by atoms with van der Waals surface area (Å²) in [5.74, 6) is -2.39. The molecule has 5 atom stereocenters. The molecule has 1 unspecified atom stereocenters. The molecule has 0 aromatic heterocycles. The molecule has 0 aromatic rings. The third-order valence-electron chi connectivity index (χ3n) is 9.41. The first kappa shape index (κ1) is 37.0. The maximum Gasteiger partial charge on any atom is 0.328 e. The topological polar surface area (TPSA) is 163 Å². The number of hydrogen-bond acceptors (Lipinski definition) is 7. The molecule has 0 spiro atoms. The van der Waals surface area contributed by atoms with E-state index in [4.69, 9.17) is 4.74 Å². The molecule has 5 amide bonds. The number of ketones is 1. The van der Waals surface area contributed by atoms with Crippen molar-refractivity contribution >= 4 is 35.5 Å². The number of ether oxygens (including phenoxy) is 1. The number of likely N-dealkylation sites (tertiary alicyclic amines) is 1. The van der Waals surface area contributed by atoms with E-state index in [0.29, 0.717) is 31.9 Å². The molecule has 1 saturated heterocycles. The Balaban J connectivity index is 1.77. The highest BCUT2D eigenvalue weighted by Gasteiger charge is 2.46. The van der Waals surface area contributed by atoms with Gasteiger partial charge >= 0.3 is 12.0 Å². The van der Waals surface area contributed by atoms with Gasteiger partial charge in [0.1, 0.15) is 18.1 Å². The quantitative estimate of drug-likeness (QED) is 0.114. The Bertz CT molecular complexity index is 1140. The summed E-state index contributed by atoms with van der Waals surface area (Å²) in [6.45, 7) is 15.7. The van der Waals surface area contributed by atoms with Gasteiger partial charge in [-0.05, 0) is 67.6 Å². The molecule has 258 valence electrons. The van der Waals surface area contributed by atoms with Gasteiger partial charge in [0, 0.05) is 13.1 Å². The Labute approximate surface area is 273 Å². The van der Waals surface area contributed by atoms with Crippen LogP contribution < -0.4 is 21.3 Å². The molecule has 12 nitrogen and oxygen atoms in total. The maximum atomic E-state index is 14.3. The summed E-state index contributed by atoms with van der Waals surface area (Å²) in [6.07, 6.45) is 7.32. The van der Waals surface area contributed by atoms with Crippen molar-refractivity contribution in [1.82, 2.24) is 26.2 Å². The number of rotatable bonds is 16. The number of carbonyl (C=O) groups is 6. The summed E-state index contributed by atoms with van der Waals surface area (Å²) in [5.41, 5.74) is -0.742. The number of urea groups is 1. The second-order valence-electron chi connectivity index (χ2n) is 14.6. The maximum absolute atomic E-state index is 14.3. The van der Waals surface area contributed by atoms with Crippen LogP contribution in [-0.2, 0) is 28.7 Å². The normalized spacial score (nSPS) is 21.8. The fraction of sp³-hybridized carbons (Fsp3) is 0.765. The van der Waals surface area contributed by atoms with Crippen LogP contribution in [0.15, 0.2) is 12.7 Å². The lowest BCUT2D eigenvalue weighted by atomic mass is 9.79. The molecule has 2 saturated carbocycles. The number of esters is 1. The minimum Gasteiger partial charge on any atom is -0.464 e. The Morgan fingerprint density at radius 2 is 1.65 bits per heavy atom. The van der Waals surface area contributed by atoms with E-state index in [0.717, 1.165) is 32.1 Å². The molecule has 3 fully saturated rings. The van der Waals surface area contributed by atoms with Crippen LogP contribution in [-0.4, -0.2) is 84.3 Å². The summed E-state index contributed by atoms with van der Waals surface area (Å²) >= 11 is 0. The second-order valence-corrected chi connectivity index (χ2v) is 14.6. The van der Waals surface area contributed by atoms with Crippen LogP contribution in [0.2, 0.25) is 0 Å². The van der Waals surface area contributed by atoms with Gasteiger partial charge in [-0.2, -0.15) is 0 Å². The van der Waals surface area contributed by atoms with Crippen molar-refractivity contribution in [2.75, 3.05) is 19.7 Å². The molecule has 3 rings (SSSR count). The fourth-order valence-corrected chi connectivity index (χ4v) is 5.92. The highest BCUT2D eigenvalue weighted by Crippen LogP contribution is 2.34. The van der Waals surface area contributed by atoms with Crippen molar-refractivity contribution in [2.45, 2.75) is 117 Å². The van der Waals surface area contributed by atoms with Gasteiger partial charge in [0.05, 0.1) is 12.6 Å². The van der Waals surface area contributed by atoms with Crippen molar-refractivity contribution < 1.29 is 33.5 Å². The highest BCUT2D eigenvalue weighted by atomic mass is 16.5. The largest absolute Gasteiger partial charge is 0.464 e. The third-order valence-corrected chi connectivity index (χ3v) is 9.41. The summed E-state index contributed by atoms with van der Waals surface area (Å²) in [5, 5.41) is 10.8. The van der Waals surface area contributed by atoms with E-state index >= 15 is 0 Å². The van der Waals surface area contributed by atoms with E-state index in [1.165, 1.54) is 11.0 Å². The molecule has 4 N–H and O–H groups in total. The van der Waals surface area contributed by atoms with Gasteiger partial charge in [-0.1, -0.05) is 60.5 Å². The van der Waals surface area contributed by atoms with Crippen LogP contribution in [0.3, 0.4) is 0 Å². The monoisotopic (exact) mass is 645 g/mol. The number of hydrogen-bond donors (Lipinski definition) is 4. The molecule has 0 radical (unpaired) electrons. The van der Waals surface area contributed by atoms with E-state index in [-0.39, 0.29) is 30.7 Å². The molecule has 3 aliphatic rings. The van der Waals surface area contributed by atoms with Crippen LogP contribution in [0.25, 0.3) is 0 Å². The first-order chi connectivity index (χ1) is 21.7. The second kappa shape index (κ2) is 16.4. The van der Waals surface area contributed by atoms with Crippen molar-refractivity contribution in [3.63, 3.8) is 0 Å². The van der Waals surface area contributed by atoms with Crippen LogP contribution in [0.1, 0.15) is 92.9 Å². The first-order valence-electron chi connectivity index (χ1n) is 16.9. The van der Waals surface area contributed by atoms with Gasteiger partial charge in [-0.3, -0.25) is 19.2 Å². The molecule has 46 heavy (non-hydrogen) atoms. The predicted molar refractivity (Wildman–Crippen MR) is 173 cm³/mol. The molecule has 1 heterocycles. The standard InChI is InChI=1S/C34H55N5O7/c1-8-11-24(27(40)30(42)35-16-9-2)36-29(41)25-17-23(20(3)4)18-39(25)31(43)28(34(5,6)7)38-33(45)37-26(22-12-10-13-22)32(44)46-19-21-14-15-21/h9,20-26,28H,2,8,10-19H2,1,3-7H3,(H,35,42)(H,36,41)(H2,37,38,45)/t23-,24?,25+,26+,28-/m1/s1. The van der Waals surface area contributed by atoms with Gasteiger partial charge in [0.15, 0.2) is 0 Å². The first-order valence-corrected chi connectivity index (χ1v) is 16.9. The number of amides is 5. The molecule has 0 aromatic carbocycles. The van der Waals surface area contributed by atoms with Crippen molar-refractivity contribution in [3.05, 3.63) is 12.7 Å². The van der Waals surface area contributed by atoms with Crippen LogP contribution in [0.5, 0.6) is 0 Å². The number of nitrogens with zero attached hydrogens (tertiary/aromatic N) is 1. The van der Waals surface area contributed by atoms with E-state index in [9.17, 15) is 28.8 Å². The average molecular weight is 646 g/mol. The van der Waals surface area contributed by atoms with Gasteiger partial charge in [0.2, 0.25) is 17.6 Å². The van der Waals surface area contributed by atoms with Crippen LogP contribution in [0, 0.1) is 29.1 Å². The minimum atomic E-state index is -1.04. The Kier molecular flexibility index (Phi) is 13.2. The number of nitrogens with one attached hydrogen (secondary N) is 4. The molecular weight excluding hydrogens is 590 g/mol. The van der Waals surface area contributed by atoms with E-state index in [1.807, 2.05) is 41.5 Å². The molecule has 1 aliphatic heterocycles. The molecule has 12 heteroatoms. The van der Waals surface area contributed by atoms with Gasteiger partial charge in [0.25, 0.3) is 5.91 Å². The Morgan fingerprint density at radius 1 is 0.978 bits per heavy atom. The Hall–Kier alpha value is -3.44. The predicted octanol–water partition coefficient (Wildman–Crippen LogP) is 2.85. The van der Waals surface area contributed by atoms with E-state index in [1.54, 1.807) is 0 Å². The van der Waals surface area contributed by atoms with Crippen molar-refractivity contribution in [3.8, 4) is 0 Å². The van der Waals surface area contributed by atoms with Gasteiger partial charge in [-0.15, -0.1) is 6.58 Å². The summed E-state index contributed by atoms with van der Waals surface area (Å²) < 4.78 is 5.51. The van der Waals surface area contributed by atoms with Crippen molar-refractivity contribution in [2.24, 2.45) is 29.1 Å². The zero-order valence-corrected chi connectivity index (χ0v) is 28.5. The fourth-order valence-electron chi connectivity index (χ4n) is 5.92. The summed E-state index contributed by atoms with van der Waals surface area (Å²) in [4.78, 5) is 81.1. The lowest BCUT2D eigenvalue weighted by molar-refractivity contribution is -0.148. The SMILES string of the molecule is C=CCNC(=O)C(=O)C(CCC)NC(=O)[C@@H]1C[C@@H](C(C)C)CN1C(=O)[C@@H](NC(=O)N[C@H](C(=O)OCC1CC1)C1CCC1)C(C)(C)C.